The van der Waals surface area contributed by atoms with Crippen LogP contribution in [0.3, 0.4) is 0 Å². The minimum atomic E-state index is -0.786. The van der Waals surface area contributed by atoms with Crippen LogP contribution in [0.4, 0.5) is 0 Å². The molecule has 0 aromatic heterocycles. The number of hydrogen-bond donors (Lipinski definition) is 1. The fourth-order valence-corrected chi connectivity index (χ4v) is 2.49. The van der Waals surface area contributed by atoms with Crippen molar-refractivity contribution in [3.05, 3.63) is 28.8 Å². The van der Waals surface area contributed by atoms with Gasteiger partial charge in [-0.3, -0.25) is 4.79 Å². The Balaban J connectivity index is 3.32. The highest BCUT2D eigenvalue weighted by atomic mass is 16.5. The second kappa shape index (κ2) is 6.06. The SMILES string of the molecule is COc1ccc(C(C(C)C(=O)O)N(C)C)c(C)c1C. The first-order valence-electron chi connectivity index (χ1n) is 6.34. The maximum Gasteiger partial charge on any atom is 0.308 e. The molecule has 1 N–H and O–H groups in total. The van der Waals surface area contributed by atoms with Crippen molar-refractivity contribution in [1.82, 2.24) is 4.90 Å². The lowest BCUT2D eigenvalue weighted by Gasteiger charge is -2.30. The average molecular weight is 265 g/mol. The van der Waals surface area contributed by atoms with Crippen LogP contribution in [0, 0.1) is 19.8 Å². The minimum absolute atomic E-state index is 0.151. The van der Waals surface area contributed by atoms with Crippen molar-refractivity contribution in [2.45, 2.75) is 26.8 Å². The van der Waals surface area contributed by atoms with E-state index in [0.717, 1.165) is 22.4 Å². The molecule has 4 heteroatoms. The van der Waals surface area contributed by atoms with E-state index in [9.17, 15) is 9.90 Å². The summed E-state index contributed by atoms with van der Waals surface area (Å²) < 4.78 is 5.30. The summed E-state index contributed by atoms with van der Waals surface area (Å²) >= 11 is 0. The Kier molecular flexibility index (Phi) is 4.95. The molecule has 0 bridgehead atoms. The van der Waals surface area contributed by atoms with Crippen LogP contribution >= 0.6 is 0 Å². The van der Waals surface area contributed by atoms with Crippen LogP contribution in [-0.4, -0.2) is 37.2 Å². The lowest BCUT2D eigenvalue weighted by atomic mass is 9.88. The van der Waals surface area contributed by atoms with Gasteiger partial charge in [0.2, 0.25) is 0 Å². The van der Waals surface area contributed by atoms with Crippen molar-refractivity contribution in [3.63, 3.8) is 0 Å². The van der Waals surface area contributed by atoms with Crippen LogP contribution in [-0.2, 0) is 4.79 Å². The van der Waals surface area contributed by atoms with Gasteiger partial charge in [0.25, 0.3) is 0 Å². The second-order valence-electron chi connectivity index (χ2n) is 5.14. The molecule has 19 heavy (non-hydrogen) atoms. The lowest BCUT2D eigenvalue weighted by molar-refractivity contribution is -0.143. The number of carbonyl (C=O) groups is 1. The van der Waals surface area contributed by atoms with Crippen LogP contribution in [0.25, 0.3) is 0 Å². The zero-order valence-corrected chi connectivity index (χ0v) is 12.5. The third kappa shape index (κ3) is 3.07. The highest BCUT2D eigenvalue weighted by Crippen LogP contribution is 2.33. The quantitative estimate of drug-likeness (QED) is 0.889. The summed E-state index contributed by atoms with van der Waals surface area (Å²) in [4.78, 5) is 13.2. The Morgan fingerprint density at radius 1 is 1.26 bits per heavy atom. The predicted molar refractivity (Wildman–Crippen MR) is 75.7 cm³/mol. The number of benzene rings is 1. The molecule has 0 saturated carbocycles. The molecule has 106 valence electrons. The smallest absolute Gasteiger partial charge is 0.308 e. The third-order valence-corrected chi connectivity index (χ3v) is 3.74. The molecular formula is C15H23NO3. The highest BCUT2D eigenvalue weighted by molar-refractivity contribution is 5.71. The fraction of sp³-hybridized carbons (Fsp3) is 0.533. The number of nitrogens with zero attached hydrogens (tertiary/aromatic N) is 1. The molecule has 0 heterocycles. The van der Waals surface area contributed by atoms with Crippen LogP contribution in [0.5, 0.6) is 5.75 Å². The number of hydrogen-bond acceptors (Lipinski definition) is 3. The van der Waals surface area contributed by atoms with Crippen LogP contribution in [0.15, 0.2) is 12.1 Å². The molecule has 0 spiro atoms. The average Bonchev–Trinajstić information content (AvgIpc) is 2.34. The van der Waals surface area contributed by atoms with Gasteiger partial charge in [0.1, 0.15) is 5.75 Å². The summed E-state index contributed by atoms with van der Waals surface area (Å²) in [5.41, 5.74) is 3.19. The van der Waals surface area contributed by atoms with Crippen LogP contribution in [0.2, 0.25) is 0 Å². The largest absolute Gasteiger partial charge is 0.496 e. The van der Waals surface area contributed by atoms with Gasteiger partial charge in [-0.15, -0.1) is 0 Å². The maximum absolute atomic E-state index is 11.3. The van der Waals surface area contributed by atoms with Gasteiger partial charge >= 0.3 is 5.97 Å². The van der Waals surface area contributed by atoms with Crippen LogP contribution < -0.4 is 4.74 Å². The molecule has 0 fully saturated rings. The van der Waals surface area contributed by atoms with Gasteiger partial charge in [0.15, 0.2) is 0 Å². The number of carboxylic acid groups (broad SMARTS) is 1. The molecular weight excluding hydrogens is 242 g/mol. The minimum Gasteiger partial charge on any atom is -0.496 e. The Labute approximate surface area is 115 Å². The van der Waals surface area contributed by atoms with E-state index in [2.05, 4.69) is 0 Å². The molecule has 2 unspecified atom stereocenters. The molecule has 0 aliphatic heterocycles. The Bertz CT molecular complexity index is 469. The van der Waals surface area contributed by atoms with Gasteiger partial charge in [0, 0.05) is 6.04 Å². The number of carboxylic acids is 1. The predicted octanol–water partition coefficient (Wildman–Crippen LogP) is 2.64. The topological polar surface area (TPSA) is 49.8 Å². The number of rotatable bonds is 5. The zero-order valence-electron chi connectivity index (χ0n) is 12.5. The zero-order chi connectivity index (χ0) is 14.7. The van der Waals surface area contributed by atoms with Crippen molar-refractivity contribution < 1.29 is 14.6 Å². The Morgan fingerprint density at radius 3 is 2.26 bits per heavy atom. The molecule has 0 amide bonds. The number of aliphatic carboxylic acids is 1. The molecule has 4 nitrogen and oxygen atoms in total. The summed E-state index contributed by atoms with van der Waals surface area (Å²) in [6.45, 7) is 5.75. The normalized spacial score (nSPS) is 14.3. The van der Waals surface area contributed by atoms with E-state index < -0.39 is 11.9 Å². The fourth-order valence-electron chi connectivity index (χ4n) is 2.49. The van der Waals surface area contributed by atoms with Crippen molar-refractivity contribution in [2.24, 2.45) is 5.92 Å². The molecule has 1 rings (SSSR count). The highest BCUT2D eigenvalue weighted by Gasteiger charge is 2.28. The van der Waals surface area contributed by atoms with Gasteiger partial charge in [0.05, 0.1) is 13.0 Å². The van der Waals surface area contributed by atoms with Gasteiger partial charge in [-0.1, -0.05) is 13.0 Å². The van der Waals surface area contributed by atoms with E-state index in [0.29, 0.717) is 0 Å². The molecule has 0 saturated heterocycles. The van der Waals surface area contributed by atoms with E-state index in [1.165, 1.54) is 0 Å². The van der Waals surface area contributed by atoms with E-state index in [1.807, 2.05) is 45.0 Å². The van der Waals surface area contributed by atoms with Crippen molar-refractivity contribution >= 4 is 5.97 Å². The number of ether oxygens (including phenoxy) is 1. The third-order valence-electron chi connectivity index (χ3n) is 3.74. The van der Waals surface area contributed by atoms with Crippen molar-refractivity contribution in [1.29, 1.82) is 0 Å². The monoisotopic (exact) mass is 265 g/mol. The van der Waals surface area contributed by atoms with E-state index in [1.54, 1.807) is 14.0 Å². The molecule has 1 aromatic carbocycles. The Hall–Kier alpha value is -1.55. The van der Waals surface area contributed by atoms with Crippen LogP contribution in [0.1, 0.15) is 29.7 Å². The molecule has 0 radical (unpaired) electrons. The van der Waals surface area contributed by atoms with Gasteiger partial charge in [-0.25, -0.2) is 0 Å². The first-order valence-corrected chi connectivity index (χ1v) is 6.34. The van der Waals surface area contributed by atoms with Gasteiger partial charge in [-0.2, -0.15) is 0 Å². The molecule has 0 aliphatic carbocycles. The standard InChI is InChI=1S/C15H23NO3/c1-9-10(2)13(19-6)8-7-12(9)14(16(4)5)11(3)15(17)18/h7-8,11,14H,1-6H3,(H,17,18). The van der Waals surface area contributed by atoms with E-state index in [-0.39, 0.29) is 6.04 Å². The molecule has 2 atom stereocenters. The van der Waals surface area contributed by atoms with Gasteiger partial charge in [-0.05, 0) is 50.7 Å². The second-order valence-corrected chi connectivity index (χ2v) is 5.14. The summed E-state index contributed by atoms with van der Waals surface area (Å²) in [5.74, 6) is -0.421. The summed E-state index contributed by atoms with van der Waals surface area (Å²) in [7, 11) is 5.46. The summed E-state index contributed by atoms with van der Waals surface area (Å²) in [6.07, 6.45) is 0. The van der Waals surface area contributed by atoms with Crippen molar-refractivity contribution in [2.75, 3.05) is 21.2 Å². The lowest BCUT2D eigenvalue weighted by Crippen LogP contribution is -2.31. The Morgan fingerprint density at radius 2 is 1.84 bits per heavy atom. The number of methoxy groups -OCH3 is 1. The van der Waals surface area contributed by atoms with Gasteiger partial charge < -0.3 is 14.7 Å². The summed E-state index contributed by atoms with van der Waals surface area (Å²) in [5, 5.41) is 9.27. The summed E-state index contributed by atoms with van der Waals surface area (Å²) in [6, 6.07) is 3.72. The van der Waals surface area contributed by atoms with Crippen molar-refractivity contribution in [3.8, 4) is 5.75 Å². The first kappa shape index (κ1) is 15.5. The van der Waals surface area contributed by atoms with E-state index in [4.69, 9.17) is 4.74 Å². The first-order chi connectivity index (χ1) is 8.81. The van der Waals surface area contributed by atoms with E-state index >= 15 is 0 Å². The molecule has 1 aromatic rings. The molecule has 0 aliphatic rings. The maximum atomic E-state index is 11.3.